The topological polar surface area (TPSA) is 44.8 Å². The summed E-state index contributed by atoms with van der Waals surface area (Å²) in [5.41, 5.74) is 27.2. The number of hydrogen-bond acceptors (Lipinski definition) is 5. The Balaban J connectivity index is 1.08. The van der Waals surface area contributed by atoms with Crippen LogP contribution in [-0.4, -0.2) is 7.28 Å². The maximum absolute atomic E-state index is 7.54. The molecule has 14 rings (SSSR count). The summed E-state index contributed by atoms with van der Waals surface area (Å²) >= 11 is 0. The molecule has 0 amide bonds. The first-order chi connectivity index (χ1) is 42.4. The monoisotopic (exact) mass is 1180 g/mol. The standard InChI is InChI=1S/C84H90BN3O2/c1-78(2,3)52-27-33-56(34-28-52)87(57-35-29-53(30-36-57)79(4,5)6)58-37-38-60(68(47-58)86-55-32-39-64-65(46-55)82(12,13)42-41-81(64,10)11)73-74-70(49-62-59-25-21-22-26-71(59)89-76(62)73)88(69-40-31-54(80(7,8)9)45-61(69)51-23-19-18-20-24-51)75-63-48-66-67(50-72(63)90-77(75)85-74)84(16,17)44-43-83(66,14)15/h18-40,45-50,85-86H,41-44H2,1-17H3. The van der Waals surface area contributed by atoms with Gasteiger partial charge in [0, 0.05) is 67.0 Å². The summed E-state index contributed by atoms with van der Waals surface area (Å²) in [5.74, 6) is 0. The fourth-order valence-electron chi connectivity index (χ4n) is 15.2. The highest BCUT2D eigenvalue weighted by molar-refractivity contribution is 6.73. The zero-order chi connectivity index (χ0) is 63.4. The third kappa shape index (κ3) is 10.1. The van der Waals surface area contributed by atoms with Crippen LogP contribution in [0.5, 0.6) is 0 Å². The second-order valence-electron chi connectivity index (χ2n) is 32.4. The number of fused-ring (bicyclic) bond motifs is 9. The van der Waals surface area contributed by atoms with Crippen LogP contribution in [0.2, 0.25) is 0 Å². The van der Waals surface area contributed by atoms with Gasteiger partial charge < -0.3 is 24.0 Å². The summed E-state index contributed by atoms with van der Waals surface area (Å²) in [6.07, 6.45) is 4.51. The molecule has 0 spiro atoms. The van der Waals surface area contributed by atoms with Gasteiger partial charge in [0.2, 0.25) is 7.28 Å². The Morgan fingerprint density at radius 3 is 1.59 bits per heavy atom. The van der Waals surface area contributed by atoms with Gasteiger partial charge in [-0.05, 0) is 198 Å². The van der Waals surface area contributed by atoms with Crippen molar-refractivity contribution in [2.75, 3.05) is 15.1 Å². The van der Waals surface area contributed by atoms with E-state index in [1.165, 1.54) is 50.1 Å². The molecule has 0 saturated heterocycles. The lowest BCUT2D eigenvalue weighted by Gasteiger charge is -2.42. The third-order valence-electron chi connectivity index (χ3n) is 21.1. The molecule has 0 saturated carbocycles. The Kier molecular flexibility index (Phi) is 13.6. The van der Waals surface area contributed by atoms with Gasteiger partial charge in [0.1, 0.15) is 16.7 Å². The Labute approximate surface area is 536 Å². The number of para-hydroxylation sites is 1. The van der Waals surface area contributed by atoms with Gasteiger partial charge in [0.25, 0.3) is 0 Å². The van der Waals surface area contributed by atoms with Gasteiger partial charge in [-0.1, -0.05) is 209 Å². The molecule has 2 aromatic heterocycles. The zero-order valence-electron chi connectivity index (χ0n) is 56.5. The number of nitrogens with one attached hydrogen (secondary N) is 1. The molecule has 0 bridgehead atoms. The van der Waals surface area contributed by atoms with E-state index in [-0.39, 0.29) is 37.9 Å². The average molecular weight is 1180 g/mol. The van der Waals surface area contributed by atoms with Crippen molar-refractivity contribution in [3.63, 3.8) is 0 Å². The van der Waals surface area contributed by atoms with Crippen LogP contribution in [-0.2, 0) is 37.9 Å². The van der Waals surface area contributed by atoms with Crippen molar-refractivity contribution in [2.24, 2.45) is 0 Å². The quantitative estimate of drug-likeness (QED) is 0.154. The van der Waals surface area contributed by atoms with Gasteiger partial charge >= 0.3 is 0 Å². The van der Waals surface area contributed by atoms with Crippen molar-refractivity contribution in [1.82, 2.24) is 0 Å². The highest BCUT2D eigenvalue weighted by Crippen LogP contribution is 2.54. The molecule has 3 aliphatic rings. The molecule has 6 heteroatoms. The van der Waals surface area contributed by atoms with Crippen LogP contribution >= 0.6 is 0 Å². The van der Waals surface area contributed by atoms with E-state index in [4.69, 9.17) is 8.83 Å². The lowest BCUT2D eigenvalue weighted by Crippen LogP contribution is -2.40. The molecule has 3 heterocycles. The summed E-state index contributed by atoms with van der Waals surface area (Å²) in [5, 5.41) is 7.52. The molecule has 0 atom stereocenters. The van der Waals surface area contributed by atoms with Crippen LogP contribution < -0.4 is 26.2 Å². The Morgan fingerprint density at radius 2 is 0.978 bits per heavy atom. The molecular weight excluding hydrogens is 1090 g/mol. The second-order valence-corrected chi connectivity index (χ2v) is 32.4. The number of rotatable bonds is 8. The second kappa shape index (κ2) is 20.7. The van der Waals surface area contributed by atoms with Crippen molar-refractivity contribution in [3.05, 3.63) is 215 Å². The van der Waals surface area contributed by atoms with E-state index < -0.39 is 0 Å². The van der Waals surface area contributed by atoms with E-state index in [2.05, 4.69) is 309 Å². The van der Waals surface area contributed by atoms with Gasteiger partial charge in [-0.25, -0.2) is 0 Å². The van der Waals surface area contributed by atoms with Crippen LogP contribution in [0.1, 0.15) is 182 Å². The molecular formula is C84H90BN3O2. The summed E-state index contributed by atoms with van der Waals surface area (Å²) in [6, 6.07) is 66.9. The minimum absolute atomic E-state index is 0.00211. The maximum Gasteiger partial charge on any atom is 0.245 e. The van der Waals surface area contributed by atoms with E-state index >= 15 is 0 Å². The van der Waals surface area contributed by atoms with Crippen LogP contribution in [0.25, 0.3) is 55.2 Å². The Morgan fingerprint density at radius 1 is 0.433 bits per heavy atom. The zero-order valence-corrected chi connectivity index (χ0v) is 56.5. The first-order valence-electron chi connectivity index (χ1n) is 33.1. The maximum atomic E-state index is 7.54. The van der Waals surface area contributed by atoms with Crippen LogP contribution in [0, 0.1) is 0 Å². The first-order valence-corrected chi connectivity index (χ1v) is 33.1. The fourth-order valence-corrected chi connectivity index (χ4v) is 15.2. The lowest BCUT2D eigenvalue weighted by molar-refractivity contribution is 0.332. The van der Waals surface area contributed by atoms with Gasteiger partial charge in [0.15, 0.2) is 0 Å². The van der Waals surface area contributed by atoms with E-state index in [0.29, 0.717) is 7.28 Å². The molecule has 11 aromatic rings. The van der Waals surface area contributed by atoms with E-state index in [1.54, 1.807) is 0 Å². The largest absolute Gasteiger partial charge is 0.469 e. The van der Waals surface area contributed by atoms with Gasteiger partial charge in [-0.15, -0.1) is 0 Å². The number of benzene rings is 9. The number of furan rings is 2. The predicted octanol–water partition coefficient (Wildman–Crippen LogP) is 22.6. The first kappa shape index (κ1) is 59.4. The van der Waals surface area contributed by atoms with Gasteiger partial charge in [-0.2, -0.15) is 0 Å². The highest BCUT2D eigenvalue weighted by Gasteiger charge is 2.42. The molecule has 0 fully saturated rings. The average Bonchev–Trinajstić information content (AvgIpc) is 1.46. The molecule has 0 radical (unpaired) electrons. The van der Waals surface area contributed by atoms with Crippen LogP contribution in [0.4, 0.5) is 45.5 Å². The molecule has 0 unspecified atom stereocenters. The molecule has 9 aromatic carbocycles. The van der Waals surface area contributed by atoms with Crippen molar-refractivity contribution in [3.8, 4) is 22.3 Å². The fraction of sp³-hybridized carbons (Fsp3) is 0.333. The summed E-state index contributed by atoms with van der Waals surface area (Å²) in [7, 11) is 0.548. The molecule has 456 valence electrons. The minimum atomic E-state index is -0.0945. The van der Waals surface area contributed by atoms with Crippen LogP contribution in [0.15, 0.2) is 185 Å². The van der Waals surface area contributed by atoms with Crippen molar-refractivity contribution >= 4 is 96.8 Å². The van der Waals surface area contributed by atoms with Crippen molar-refractivity contribution in [1.29, 1.82) is 0 Å². The van der Waals surface area contributed by atoms with Gasteiger partial charge in [-0.3, -0.25) is 0 Å². The SMILES string of the molecule is CC(C)(C)c1ccc(N(c2ccc(C(C)(C)C)cc2)c2ccc(-c3c4c(cc5c3oc3ccccc35)N(c3ccc(C(C)(C)C)cc3-c3ccccc3)c3c(oc5cc6c(cc35)C(C)(C)CCC6(C)C)B4)c(Nc3ccc4c(c3)C(C)(C)CCC4(C)C)c2)cc1. The van der Waals surface area contributed by atoms with E-state index in [1.807, 2.05) is 0 Å². The molecule has 2 aliphatic carbocycles. The molecule has 5 nitrogen and oxygen atoms in total. The molecule has 90 heavy (non-hydrogen) atoms. The summed E-state index contributed by atoms with van der Waals surface area (Å²) in [4.78, 5) is 5.02. The highest BCUT2D eigenvalue weighted by atomic mass is 16.3. The number of nitrogens with zero attached hydrogens (tertiary/aromatic N) is 2. The van der Waals surface area contributed by atoms with Crippen molar-refractivity contribution in [2.45, 2.75) is 181 Å². The third-order valence-corrected chi connectivity index (χ3v) is 21.1. The Hall–Kier alpha value is -8.22. The van der Waals surface area contributed by atoms with E-state index in [0.717, 1.165) is 126 Å². The van der Waals surface area contributed by atoms with Crippen molar-refractivity contribution < 1.29 is 8.83 Å². The number of anilines is 8. The lowest BCUT2D eigenvalue weighted by atomic mass is 9.60. The molecule has 1 N–H and O–H groups in total. The molecule has 1 aliphatic heterocycles. The van der Waals surface area contributed by atoms with E-state index in [9.17, 15) is 0 Å². The normalized spacial score (nSPS) is 16.5. The summed E-state index contributed by atoms with van der Waals surface area (Å²) < 4.78 is 14.9. The predicted molar refractivity (Wildman–Crippen MR) is 387 cm³/mol. The number of hydrogen-bond donors (Lipinski definition) is 1. The summed E-state index contributed by atoms with van der Waals surface area (Å²) in [6.45, 7) is 40.1. The minimum Gasteiger partial charge on any atom is -0.469 e. The Bertz CT molecular complexity index is 4590. The van der Waals surface area contributed by atoms with Gasteiger partial charge in [0.05, 0.1) is 17.0 Å². The van der Waals surface area contributed by atoms with Crippen LogP contribution in [0.3, 0.4) is 0 Å². The smallest absolute Gasteiger partial charge is 0.245 e.